The fraction of sp³-hybridized carbons (Fsp3) is 0.400. The highest BCUT2D eigenvalue weighted by molar-refractivity contribution is 6.26. The van der Waals surface area contributed by atoms with Crippen LogP contribution in [0.2, 0.25) is 6.04 Å². The SMILES string of the molecule is OC(O)O[Si]CCCc1cc(F)c(F)c(F)c1F. The quantitative estimate of drug-likeness (QED) is 0.208. The Morgan fingerprint density at radius 1 is 1.11 bits per heavy atom. The molecule has 1 rings (SSSR count). The normalized spacial score (nSPS) is 11.3. The molecule has 18 heavy (non-hydrogen) atoms. The van der Waals surface area contributed by atoms with Gasteiger partial charge in [-0.05, 0) is 30.5 Å². The lowest BCUT2D eigenvalue weighted by atomic mass is 10.1. The Hall–Kier alpha value is -0.963. The smallest absolute Gasteiger partial charge is 0.256 e. The second-order valence-electron chi connectivity index (χ2n) is 3.40. The molecule has 8 heteroatoms. The summed E-state index contributed by atoms with van der Waals surface area (Å²) >= 11 is 0. The van der Waals surface area contributed by atoms with Crippen molar-refractivity contribution >= 4 is 9.76 Å². The summed E-state index contributed by atoms with van der Waals surface area (Å²) in [6.07, 6.45) is 0.310. The zero-order valence-electron chi connectivity index (χ0n) is 9.09. The van der Waals surface area contributed by atoms with E-state index >= 15 is 0 Å². The molecule has 0 atom stereocenters. The average Bonchev–Trinajstić information content (AvgIpc) is 2.32. The van der Waals surface area contributed by atoms with E-state index in [1.54, 1.807) is 0 Å². The first-order valence-electron chi connectivity index (χ1n) is 5.00. The molecule has 0 unspecified atom stereocenters. The molecule has 2 N–H and O–H groups in total. The molecular formula is C10H10F4O3Si. The van der Waals surface area contributed by atoms with Crippen LogP contribution in [0.15, 0.2) is 6.07 Å². The van der Waals surface area contributed by atoms with Gasteiger partial charge in [-0.2, -0.15) is 0 Å². The molecule has 100 valence electrons. The molecule has 0 aliphatic heterocycles. The molecule has 0 fully saturated rings. The Kier molecular flexibility index (Phi) is 5.73. The minimum absolute atomic E-state index is 0.00215. The molecule has 0 saturated heterocycles. The first-order chi connectivity index (χ1) is 8.43. The maximum absolute atomic E-state index is 13.2. The highest BCUT2D eigenvalue weighted by Crippen LogP contribution is 2.20. The Labute approximate surface area is 103 Å². The Morgan fingerprint density at radius 2 is 1.78 bits per heavy atom. The van der Waals surface area contributed by atoms with Crippen molar-refractivity contribution in [2.24, 2.45) is 0 Å². The van der Waals surface area contributed by atoms with E-state index in [4.69, 9.17) is 10.2 Å². The second kappa shape index (κ2) is 6.83. The number of halogens is 4. The van der Waals surface area contributed by atoms with Gasteiger partial charge in [0.2, 0.25) is 9.76 Å². The third-order valence-electron chi connectivity index (χ3n) is 2.09. The van der Waals surface area contributed by atoms with Gasteiger partial charge in [-0.1, -0.05) is 0 Å². The van der Waals surface area contributed by atoms with E-state index in [-0.39, 0.29) is 21.7 Å². The highest BCUT2D eigenvalue weighted by Gasteiger charge is 2.18. The third-order valence-corrected chi connectivity index (χ3v) is 3.03. The number of rotatable bonds is 6. The van der Waals surface area contributed by atoms with Crippen molar-refractivity contribution in [3.63, 3.8) is 0 Å². The predicted octanol–water partition coefficient (Wildman–Crippen LogP) is 1.50. The molecule has 0 spiro atoms. The molecule has 0 aliphatic rings. The monoisotopic (exact) mass is 282 g/mol. The summed E-state index contributed by atoms with van der Waals surface area (Å²) in [5.41, 5.74) is -0.263. The lowest BCUT2D eigenvalue weighted by molar-refractivity contribution is -0.180. The Morgan fingerprint density at radius 3 is 2.39 bits per heavy atom. The molecule has 0 aliphatic carbocycles. The topological polar surface area (TPSA) is 49.7 Å². The van der Waals surface area contributed by atoms with Crippen molar-refractivity contribution in [2.75, 3.05) is 0 Å². The van der Waals surface area contributed by atoms with E-state index < -0.39 is 29.7 Å². The first-order valence-corrected chi connectivity index (χ1v) is 6.11. The number of hydrogen-bond acceptors (Lipinski definition) is 3. The summed E-state index contributed by atoms with van der Waals surface area (Å²) in [7, 11) is -0.231. The minimum Gasteiger partial charge on any atom is -0.372 e. The van der Waals surface area contributed by atoms with Crippen LogP contribution in [-0.2, 0) is 10.8 Å². The summed E-state index contributed by atoms with van der Waals surface area (Å²) in [6, 6.07) is 0.969. The summed E-state index contributed by atoms with van der Waals surface area (Å²) in [5, 5.41) is 16.7. The van der Waals surface area contributed by atoms with Crippen molar-refractivity contribution in [1.82, 2.24) is 0 Å². The minimum atomic E-state index is -1.87. The molecule has 1 aromatic rings. The molecule has 2 radical (unpaired) electrons. The van der Waals surface area contributed by atoms with Gasteiger partial charge in [0.15, 0.2) is 23.3 Å². The largest absolute Gasteiger partial charge is 0.372 e. The van der Waals surface area contributed by atoms with E-state index in [9.17, 15) is 17.6 Å². The van der Waals surface area contributed by atoms with E-state index in [1.165, 1.54) is 0 Å². The number of aryl methyl sites for hydroxylation is 1. The van der Waals surface area contributed by atoms with E-state index in [1.807, 2.05) is 0 Å². The molecule has 3 nitrogen and oxygen atoms in total. The molecular weight excluding hydrogens is 272 g/mol. The molecule has 0 heterocycles. The number of hydrogen-bond donors (Lipinski definition) is 2. The van der Waals surface area contributed by atoms with Crippen molar-refractivity contribution in [3.8, 4) is 0 Å². The van der Waals surface area contributed by atoms with Crippen LogP contribution in [0.25, 0.3) is 0 Å². The second-order valence-corrected chi connectivity index (χ2v) is 4.43. The lowest BCUT2D eigenvalue weighted by Gasteiger charge is -2.06. The molecule has 0 aromatic heterocycles. The standard InChI is InChI=1S/C10H10F4O3Si/c11-6-4-5(7(12)9(14)8(6)13)2-1-3-18-17-10(15)16/h4,10,15-16H,1-3H2. The van der Waals surface area contributed by atoms with Gasteiger partial charge >= 0.3 is 0 Å². The van der Waals surface area contributed by atoms with Gasteiger partial charge in [0, 0.05) is 0 Å². The van der Waals surface area contributed by atoms with Crippen molar-refractivity contribution in [2.45, 2.75) is 25.4 Å². The van der Waals surface area contributed by atoms with E-state index in [2.05, 4.69) is 4.43 Å². The van der Waals surface area contributed by atoms with Gasteiger partial charge in [0.1, 0.15) is 0 Å². The van der Waals surface area contributed by atoms with Gasteiger partial charge in [0.05, 0.1) is 0 Å². The highest BCUT2D eigenvalue weighted by atomic mass is 28.2. The first kappa shape index (κ1) is 15.1. The van der Waals surface area contributed by atoms with Gasteiger partial charge in [-0.3, -0.25) is 0 Å². The summed E-state index contributed by atoms with van der Waals surface area (Å²) in [6.45, 7) is -1.87. The van der Waals surface area contributed by atoms with Crippen LogP contribution in [0.3, 0.4) is 0 Å². The van der Waals surface area contributed by atoms with Crippen LogP contribution in [0.5, 0.6) is 0 Å². The zero-order valence-corrected chi connectivity index (χ0v) is 10.1. The lowest BCUT2D eigenvalue weighted by Crippen LogP contribution is -2.13. The number of aliphatic hydroxyl groups excluding tert-OH is 1. The van der Waals surface area contributed by atoms with Gasteiger partial charge in [-0.15, -0.1) is 0 Å². The summed E-state index contributed by atoms with van der Waals surface area (Å²) < 4.78 is 55.9. The number of benzene rings is 1. The fourth-order valence-electron chi connectivity index (χ4n) is 1.29. The summed E-state index contributed by atoms with van der Waals surface area (Å²) in [5.74, 6) is -6.49. The van der Waals surface area contributed by atoms with Gasteiger partial charge < -0.3 is 14.6 Å². The van der Waals surface area contributed by atoms with Gasteiger partial charge in [0.25, 0.3) is 6.48 Å². The third kappa shape index (κ3) is 4.05. The maximum atomic E-state index is 13.2. The number of aliphatic hydroxyl groups is 2. The van der Waals surface area contributed by atoms with Crippen molar-refractivity contribution < 1.29 is 32.2 Å². The summed E-state index contributed by atoms with van der Waals surface area (Å²) in [4.78, 5) is 0. The van der Waals surface area contributed by atoms with Crippen LogP contribution >= 0.6 is 0 Å². The maximum Gasteiger partial charge on any atom is 0.256 e. The van der Waals surface area contributed by atoms with Crippen molar-refractivity contribution in [1.29, 1.82) is 0 Å². The van der Waals surface area contributed by atoms with Crippen LogP contribution < -0.4 is 0 Å². The van der Waals surface area contributed by atoms with Crippen LogP contribution in [0, 0.1) is 23.3 Å². The van der Waals surface area contributed by atoms with Crippen molar-refractivity contribution in [3.05, 3.63) is 34.9 Å². The zero-order chi connectivity index (χ0) is 13.7. The van der Waals surface area contributed by atoms with Gasteiger partial charge in [-0.25, -0.2) is 17.6 Å². The Balaban J connectivity index is 2.53. The van der Waals surface area contributed by atoms with Crippen LogP contribution in [-0.4, -0.2) is 26.5 Å². The van der Waals surface area contributed by atoms with E-state index in [0.29, 0.717) is 18.5 Å². The Bertz CT molecular complexity index is 415. The predicted molar refractivity (Wildman–Crippen MR) is 54.5 cm³/mol. The van der Waals surface area contributed by atoms with E-state index in [0.717, 1.165) is 0 Å². The molecule has 1 aromatic carbocycles. The molecule has 0 saturated carbocycles. The van der Waals surface area contributed by atoms with Crippen LogP contribution in [0.4, 0.5) is 17.6 Å². The fourth-order valence-corrected chi connectivity index (χ4v) is 1.88. The molecule has 0 amide bonds. The molecule has 0 bridgehead atoms. The van der Waals surface area contributed by atoms with Crippen LogP contribution in [0.1, 0.15) is 12.0 Å². The average molecular weight is 282 g/mol.